The summed E-state index contributed by atoms with van der Waals surface area (Å²) in [6, 6.07) is -0.844. The molecule has 2 aliphatic rings. The summed E-state index contributed by atoms with van der Waals surface area (Å²) < 4.78 is 22.8. The highest BCUT2D eigenvalue weighted by Gasteiger charge is 2.51. The summed E-state index contributed by atoms with van der Waals surface area (Å²) in [5.41, 5.74) is 0. The number of ether oxygens (including phenoxy) is 4. The van der Waals surface area contributed by atoms with Gasteiger partial charge in [-0.1, -0.05) is 237 Å². The highest BCUT2D eigenvalue weighted by Crippen LogP contribution is 2.30. The SMILES string of the molecule is CC/C=C\C/C=C\C/C=C\CCCCCC(=O)NC(COC1OC(CO)C(OC2OC(CO)C(O)C(O)C2O)C(O)C1O)C(O)CCCCCCCCCCCCCCCCCCCCCCCCCCCCCC. The third-order valence-corrected chi connectivity index (χ3v) is 15.1. The van der Waals surface area contributed by atoms with Gasteiger partial charge in [-0.05, 0) is 44.9 Å². The maximum atomic E-state index is 13.2. The average Bonchev–Trinajstić information content (AvgIpc) is 3.41. The van der Waals surface area contributed by atoms with Crippen LogP contribution in [0, 0.1) is 0 Å². The van der Waals surface area contributed by atoms with Gasteiger partial charge in [-0.25, -0.2) is 0 Å². The van der Waals surface area contributed by atoms with Gasteiger partial charge >= 0.3 is 0 Å². The number of rotatable bonds is 49. The second-order valence-electron chi connectivity index (χ2n) is 21.8. The van der Waals surface area contributed by atoms with Gasteiger partial charge < -0.3 is 65.1 Å². The van der Waals surface area contributed by atoms with Gasteiger partial charge in [-0.15, -0.1) is 0 Å². The van der Waals surface area contributed by atoms with Crippen LogP contribution in [0.15, 0.2) is 36.5 Å². The summed E-state index contributed by atoms with van der Waals surface area (Å²) in [6.07, 6.45) is 40.3. The Morgan fingerprint density at radius 2 is 0.920 bits per heavy atom. The molecule has 12 unspecified atom stereocenters. The fraction of sp³-hybridized carbons (Fsp3) is 0.885. The summed E-state index contributed by atoms with van der Waals surface area (Å²) in [5.74, 6) is -0.234. The topological polar surface area (TPSA) is 228 Å². The molecule has 440 valence electrons. The summed E-state index contributed by atoms with van der Waals surface area (Å²) >= 11 is 0. The Kier molecular flexibility index (Phi) is 43.5. The Hall–Kier alpha value is -1.79. The van der Waals surface area contributed by atoms with Crippen molar-refractivity contribution < 1.29 is 64.6 Å². The lowest BCUT2D eigenvalue weighted by Gasteiger charge is -2.46. The molecule has 2 heterocycles. The second-order valence-corrected chi connectivity index (χ2v) is 21.8. The van der Waals surface area contributed by atoms with Crippen LogP contribution < -0.4 is 5.32 Å². The van der Waals surface area contributed by atoms with Crippen molar-refractivity contribution in [1.29, 1.82) is 0 Å². The molecule has 75 heavy (non-hydrogen) atoms. The Morgan fingerprint density at radius 1 is 0.493 bits per heavy atom. The normalized spacial score (nSPS) is 25.3. The standard InChI is InChI=1S/C61H113NO13/c1-3-5-7-9-11-13-15-17-18-19-20-21-22-23-24-25-26-27-28-29-30-31-33-34-36-38-40-42-44-50(65)49(62-53(66)45-43-41-39-37-35-32-16-14-12-10-8-6-4-2)48-72-60-58(71)56(69)59(52(47-64)74-60)75-61-57(70)55(68)54(67)51(46-63)73-61/h6,8,12,14,32,35,49-52,54-61,63-65,67-71H,3-5,7,9-11,13,15-31,33-34,36-48H2,1-2H3,(H,62,66)/b8-6-,14-12-,35-32-. The van der Waals surface area contributed by atoms with Gasteiger partial charge in [0, 0.05) is 6.42 Å². The summed E-state index contributed by atoms with van der Waals surface area (Å²) in [7, 11) is 0. The van der Waals surface area contributed by atoms with Gasteiger partial charge in [0.1, 0.15) is 48.8 Å². The first-order chi connectivity index (χ1) is 36.6. The molecule has 2 fully saturated rings. The van der Waals surface area contributed by atoms with Crippen LogP contribution in [0.3, 0.4) is 0 Å². The largest absolute Gasteiger partial charge is 0.394 e. The number of carbonyl (C=O) groups is 1. The Labute approximate surface area is 455 Å². The Balaban J connectivity index is 1.68. The number of hydrogen-bond donors (Lipinski definition) is 9. The van der Waals surface area contributed by atoms with Crippen LogP contribution in [0.25, 0.3) is 0 Å². The van der Waals surface area contributed by atoms with Gasteiger partial charge in [0.15, 0.2) is 12.6 Å². The van der Waals surface area contributed by atoms with E-state index in [0.717, 1.165) is 64.2 Å². The summed E-state index contributed by atoms with van der Waals surface area (Å²) in [5, 5.41) is 87.2. The minimum Gasteiger partial charge on any atom is -0.394 e. The zero-order chi connectivity index (χ0) is 54.6. The summed E-state index contributed by atoms with van der Waals surface area (Å²) in [6.45, 7) is 2.74. The lowest BCUT2D eigenvalue weighted by molar-refractivity contribution is -0.359. The molecule has 9 N–H and O–H groups in total. The molecule has 0 aromatic carbocycles. The van der Waals surface area contributed by atoms with E-state index in [1.807, 2.05) is 0 Å². The van der Waals surface area contributed by atoms with Gasteiger partial charge in [0.2, 0.25) is 5.91 Å². The number of allylic oxidation sites excluding steroid dienone is 6. The lowest BCUT2D eigenvalue weighted by Crippen LogP contribution is -2.65. The molecule has 2 aliphatic heterocycles. The minimum absolute atomic E-state index is 0.234. The molecule has 1 amide bonds. The van der Waals surface area contributed by atoms with Gasteiger partial charge in [0.25, 0.3) is 0 Å². The number of hydrogen-bond acceptors (Lipinski definition) is 13. The molecule has 0 bridgehead atoms. The van der Waals surface area contributed by atoms with Crippen LogP contribution in [0.4, 0.5) is 0 Å². The zero-order valence-corrected chi connectivity index (χ0v) is 47.3. The predicted octanol–water partition coefficient (Wildman–Crippen LogP) is 10.6. The van der Waals surface area contributed by atoms with Crippen LogP contribution >= 0.6 is 0 Å². The van der Waals surface area contributed by atoms with Crippen LogP contribution in [0.5, 0.6) is 0 Å². The second kappa shape index (κ2) is 47.1. The summed E-state index contributed by atoms with van der Waals surface area (Å²) in [4.78, 5) is 13.2. The van der Waals surface area contributed by atoms with Crippen molar-refractivity contribution in [2.24, 2.45) is 0 Å². The molecular formula is C61H113NO13. The molecule has 14 heteroatoms. The van der Waals surface area contributed by atoms with Gasteiger partial charge in [-0.2, -0.15) is 0 Å². The molecule has 2 saturated heterocycles. The quantitative estimate of drug-likeness (QED) is 0.0204. The third-order valence-electron chi connectivity index (χ3n) is 15.1. The van der Waals surface area contributed by atoms with Crippen LogP contribution in [0.2, 0.25) is 0 Å². The van der Waals surface area contributed by atoms with E-state index in [0.29, 0.717) is 12.8 Å². The van der Waals surface area contributed by atoms with E-state index >= 15 is 0 Å². The molecular weight excluding hydrogens is 955 g/mol. The van der Waals surface area contributed by atoms with E-state index in [2.05, 4.69) is 55.6 Å². The van der Waals surface area contributed by atoms with Crippen molar-refractivity contribution in [3.05, 3.63) is 36.5 Å². The first kappa shape index (κ1) is 69.3. The van der Waals surface area contributed by atoms with E-state index in [1.54, 1.807) is 0 Å². The Bertz CT molecular complexity index is 1400. The van der Waals surface area contributed by atoms with Crippen molar-refractivity contribution in [3.63, 3.8) is 0 Å². The average molecular weight is 1070 g/mol. The molecule has 12 atom stereocenters. The molecule has 0 aromatic rings. The maximum absolute atomic E-state index is 13.2. The molecule has 0 radical (unpaired) electrons. The molecule has 2 rings (SSSR count). The number of amides is 1. The number of aliphatic hydroxyl groups excluding tert-OH is 8. The van der Waals surface area contributed by atoms with E-state index in [-0.39, 0.29) is 18.9 Å². The fourth-order valence-corrected chi connectivity index (χ4v) is 10.2. The lowest BCUT2D eigenvalue weighted by atomic mass is 9.97. The van der Waals surface area contributed by atoms with Crippen molar-refractivity contribution in [2.75, 3.05) is 19.8 Å². The zero-order valence-electron chi connectivity index (χ0n) is 47.3. The first-order valence-corrected chi connectivity index (χ1v) is 30.7. The highest BCUT2D eigenvalue weighted by atomic mass is 16.7. The first-order valence-electron chi connectivity index (χ1n) is 30.7. The van der Waals surface area contributed by atoms with Crippen molar-refractivity contribution in [1.82, 2.24) is 5.32 Å². The van der Waals surface area contributed by atoms with Gasteiger partial charge in [-0.3, -0.25) is 4.79 Å². The highest BCUT2D eigenvalue weighted by molar-refractivity contribution is 5.76. The molecule has 0 aromatic heterocycles. The van der Waals surface area contributed by atoms with E-state index in [9.17, 15) is 45.6 Å². The van der Waals surface area contributed by atoms with Crippen LogP contribution in [0.1, 0.15) is 251 Å². The van der Waals surface area contributed by atoms with E-state index in [4.69, 9.17) is 18.9 Å². The predicted molar refractivity (Wildman–Crippen MR) is 300 cm³/mol. The van der Waals surface area contributed by atoms with Crippen molar-refractivity contribution >= 4 is 5.91 Å². The number of nitrogens with one attached hydrogen (secondary N) is 1. The van der Waals surface area contributed by atoms with Crippen LogP contribution in [-0.4, -0.2) is 140 Å². The number of aliphatic hydroxyl groups is 8. The maximum Gasteiger partial charge on any atom is 0.220 e. The monoisotopic (exact) mass is 1070 g/mol. The fourth-order valence-electron chi connectivity index (χ4n) is 10.2. The number of carbonyl (C=O) groups excluding carboxylic acids is 1. The Morgan fingerprint density at radius 3 is 1.40 bits per heavy atom. The van der Waals surface area contributed by atoms with E-state index in [1.165, 1.54) is 154 Å². The molecule has 0 saturated carbocycles. The van der Waals surface area contributed by atoms with Gasteiger partial charge in [0.05, 0.1) is 32.0 Å². The minimum atomic E-state index is -1.79. The third kappa shape index (κ3) is 32.8. The van der Waals surface area contributed by atoms with E-state index < -0.39 is 86.8 Å². The van der Waals surface area contributed by atoms with Crippen LogP contribution in [-0.2, 0) is 23.7 Å². The molecule has 14 nitrogen and oxygen atoms in total. The molecule has 0 aliphatic carbocycles. The van der Waals surface area contributed by atoms with Crippen molar-refractivity contribution in [2.45, 2.75) is 325 Å². The molecule has 0 spiro atoms. The smallest absolute Gasteiger partial charge is 0.220 e. The number of unbranched alkanes of at least 4 members (excludes halogenated alkanes) is 30. The van der Waals surface area contributed by atoms with Crippen molar-refractivity contribution in [3.8, 4) is 0 Å².